The maximum atomic E-state index is 9.21. The molecular formula is C52H110N10O28. The first-order valence-electron chi connectivity index (χ1n) is 29.6. The molecule has 536 valence electrons. The van der Waals surface area contributed by atoms with Crippen LogP contribution in [0.3, 0.4) is 0 Å². The first kappa shape index (κ1) is 82.7. The summed E-state index contributed by atoms with van der Waals surface area (Å²) in [5.41, 5.74) is 56.5. The highest BCUT2D eigenvalue weighted by Gasteiger charge is 2.51. The summed E-state index contributed by atoms with van der Waals surface area (Å²) in [6, 6.07) is -0.0556. The predicted octanol–water partition coefficient (Wildman–Crippen LogP) is -15.5. The fourth-order valence-electron chi connectivity index (χ4n) is 12.2. The summed E-state index contributed by atoms with van der Waals surface area (Å²) in [6.07, 6.45) is -4.27. The lowest BCUT2D eigenvalue weighted by atomic mass is 10.1. The topological polar surface area (TPSA) is 673 Å². The number of hydrogen-bond donors (Lipinski definition) is 20. The van der Waals surface area contributed by atoms with Crippen LogP contribution in [0.25, 0.3) is 0 Å². The minimum absolute atomic E-state index is 0. The van der Waals surface area contributed by atoms with Gasteiger partial charge in [0.15, 0.2) is 0 Å². The molecule has 34 N–H and O–H groups in total. The molecule has 0 saturated carbocycles. The molecule has 16 rings (SSSR count). The van der Waals surface area contributed by atoms with E-state index in [9.17, 15) is 20.4 Å². The average Bonchev–Trinajstić information content (AvgIpc) is 4.55. The summed E-state index contributed by atoms with van der Waals surface area (Å²) in [5.74, 6) is 0. The number of fused-ring (bicyclic) bond motifs is 8. The van der Waals surface area contributed by atoms with Crippen molar-refractivity contribution in [3.8, 4) is 0 Å². The molecule has 16 aliphatic heterocycles. The second-order valence-electron chi connectivity index (χ2n) is 22.8. The van der Waals surface area contributed by atoms with Crippen molar-refractivity contribution in [3.05, 3.63) is 0 Å². The summed E-state index contributed by atoms with van der Waals surface area (Å²) in [7, 11) is 4.00. The van der Waals surface area contributed by atoms with Crippen molar-refractivity contribution in [1.82, 2.24) is 0 Å². The van der Waals surface area contributed by atoms with E-state index in [-0.39, 0.29) is 182 Å². The molecule has 38 nitrogen and oxygen atoms in total. The van der Waals surface area contributed by atoms with Gasteiger partial charge in [-0.15, -0.1) is 0 Å². The third-order valence-corrected chi connectivity index (χ3v) is 16.7. The maximum Gasteiger partial charge on any atom is 0.114 e. The first-order chi connectivity index (χ1) is 42.3. The SMILES string of the molecule is CO.CO.CO.CO.N[C@@H]1CO[C@@H]2[C@H]1OC[C@@H]2N.N[C@@H]1CO[C@@H]2[C@H]1OC[C@@H]2O.N[C@@H]1CO[C@@H]2[C@H]1OC[C@H]2N.N[C@@H]1CO[C@@H]2[C@H]1OC[C@H]2O.N[C@H]1CO[C@@H]2[C@H]1OC[C@@H]2N.N[C@H]1CO[C@@H]2[C@H]1OC[C@@H]2O.N[C@H]1CO[C@@H]2[C@H]1OC[C@H]2O.O.O.OC1CO[C@H]2[C@@H](O)CO[C@@H]12. The fraction of sp³-hybridized carbons (Fsp3) is 1.00. The van der Waals surface area contributed by atoms with Gasteiger partial charge in [-0.3, -0.25) is 0 Å². The molecule has 0 amide bonds. The zero-order valence-electron chi connectivity index (χ0n) is 51.6. The number of aliphatic hydroxyl groups excluding tert-OH is 10. The Hall–Kier alpha value is -1.52. The number of rotatable bonds is 0. The lowest BCUT2D eigenvalue weighted by molar-refractivity contribution is 0.00205. The second-order valence-corrected chi connectivity index (χ2v) is 22.8. The molecule has 0 radical (unpaired) electrons. The fourth-order valence-corrected chi connectivity index (χ4v) is 12.2. The highest BCUT2D eigenvalue weighted by atomic mass is 16.6. The first-order valence-corrected chi connectivity index (χ1v) is 29.6. The number of aliphatic hydroxyl groups is 10. The Balaban J connectivity index is 0.000000263. The highest BCUT2D eigenvalue weighted by Crippen LogP contribution is 2.31. The Labute approximate surface area is 522 Å². The largest absolute Gasteiger partial charge is 0.412 e. The molecule has 90 heavy (non-hydrogen) atoms. The molecule has 32 atom stereocenters. The molecule has 16 fully saturated rings. The van der Waals surface area contributed by atoms with E-state index in [1.54, 1.807) is 0 Å². The summed E-state index contributed by atoms with van der Waals surface area (Å²) in [6.45, 7) is 7.57. The standard InChI is InChI=1S/3C6H12N2O2.4C6H11NO3.C6H10O4.4CH4O.2H2O/c8*7-3-1-9-6-4(8)2-10-5(3)6;4*1-2;;/h3*3-6H,1-2,7-8H2;4*3-6,8H,1-2,7H2;3-8H,1-2H2;4*2H,1H3;2*1H2/t3-,4+,5-,6-;3-,4-,5+,6+;3-,4-,5-,6-;3-,4+,5+,6+;3-,4+,5-,6-;3-,4-,5+,6+;3-,4-,5-,6-;3-,4?,5-,6-;;;;;;/m01010100....../s1. The Morgan fingerprint density at radius 3 is 0.367 bits per heavy atom. The van der Waals surface area contributed by atoms with Gasteiger partial charge in [-0.1, -0.05) is 0 Å². The quantitative estimate of drug-likeness (QED) is 0.107. The van der Waals surface area contributed by atoms with Gasteiger partial charge in [-0.05, 0) is 0 Å². The van der Waals surface area contributed by atoms with Crippen LogP contribution >= 0.6 is 0 Å². The summed E-state index contributed by atoms with van der Waals surface area (Å²) in [5, 5.41) is 83.2. The summed E-state index contributed by atoms with van der Waals surface area (Å²) < 4.78 is 83.7. The van der Waals surface area contributed by atoms with E-state index in [0.717, 1.165) is 28.4 Å². The van der Waals surface area contributed by atoms with Gasteiger partial charge in [0.25, 0.3) is 0 Å². The minimum Gasteiger partial charge on any atom is -0.412 e. The zero-order valence-corrected chi connectivity index (χ0v) is 51.6. The van der Waals surface area contributed by atoms with E-state index in [1.807, 2.05) is 0 Å². The number of nitrogens with two attached hydrogens (primary N) is 10. The Morgan fingerprint density at radius 1 is 0.167 bits per heavy atom. The molecule has 16 aliphatic rings. The Kier molecular flexibility index (Phi) is 37.6. The van der Waals surface area contributed by atoms with Crippen LogP contribution in [0.15, 0.2) is 0 Å². The second kappa shape index (κ2) is 40.9. The Morgan fingerprint density at radius 2 is 0.244 bits per heavy atom. The van der Waals surface area contributed by atoms with Gasteiger partial charge in [-0.2, -0.15) is 0 Å². The van der Waals surface area contributed by atoms with Crippen molar-refractivity contribution in [1.29, 1.82) is 0 Å². The van der Waals surface area contributed by atoms with Crippen LogP contribution in [0.5, 0.6) is 0 Å². The maximum absolute atomic E-state index is 9.21. The van der Waals surface area contributed by atoms with Crippen LogP contribution in [0.2, 0.25) is 0 Å². The Bertz CT molecular complexity index is 1400. The van der Waals surface area contributed by atoms with Crippen molar-refractivity contribution < 1.29 is 138 Å². The van der Waals surface area contributed by atoms with Gasteiger partial charge >= 0.3 is 0 Å². The normalized spacial score (nSPS) is 47.7. The zero-order chi connectivity index (χ0) is 65.1. The van der Waals surface area contributed by atoms with E-state index in [1.165, 1.54) is 0 Å². The van der Waals surface area contributed by atoms with Gasteiger partial charge in [0, 0.05) is 28.4 Å². The highest BCUT2D eigenvalue weighted by molar-refractivity contribution is 5.02. The lowest BCUT2D eigenvalue weighted by Gasteiger charge is -2.10. The molecule has 0 aliphatic carbocycles. The molecular weight excluding hydrogens is 1210 g/mol. The molecule has 0 bridgehead atoms. The predicted molar refractivity (Wildman–Crippen MR) is 311 cm³/mol. The van der Waals surface area contributed by atoms with Crippen molar-refractivity contribution in [2.45, 2.75) is 195 Å². The summed E-state index contributed by atoms with van der Waals surface area (Å²) >= 11 is 0. The molecule has 0 spiro atoms. The minimum atomic E-state index is -0.554. The molecule has 38 heteroatoms. The van der Waals surface area contributed by atoms with Gasteiger partial charge in [-0.25, -0.2) is 0 Å². The number of ether oxygens (including phenoxy) is 16. The van der Waals surface area contributed by atoms with Crippen LogP contribution in [0.4, 0.5) is 0 Å². The van der Waals surface area contributed by atoms with E-state index < -0.39 is 36.6 Å². The van der Waals surface area contributed by atoms with E-state index in [0.29, 0.717) is 92.5 Å². The molecule has 0 aromatic carbocycles. The molecule has 0 aromatic rings. The third kappa shape index (κ3) is 20.8. The van der Waals surface area contributed by atoms with Gasteiger partial charge in [0.1, 0.15) is 134 Å². The number of hydrogen-bond acceptors (Lipinski definition) is 36. The van der Waals surface area contributed by atoms with Crippen LogP contribution < -0.4 is 57.3 Å². The molecule has 16 saturated heterocycles. The summed E-state index contributed by atoms with van der Waals surface area (Å²) in [4.78, 5) is 0. The smallest absolute Gasteiger partial charge is 0.114 e. The van der Waals surface area contributed by atoms with Crippen molar-refractivity contribution in [2.75, 3.05) is 134 Å². The van der Waals surface area contributed by atoms with Gasteiger partial charge in [0.2, 0.25) is 0 Å². The van der Waals surface area contributed by atoms with Crippen LogP contribution in [0.1, 0.15) is 0 Å². The van der Waals surface area contributed by atoms with Crippen molar-refractivity contribution in [3.63, 3.8) is 0 Å². The van der Waals surface area contributed by atoms with Crippen LogP contribution in [0, 0.1) is 0 Å². The monoisotopic (exact) mass is 1320 g/mol. The van der Waals surface area contributed by atoms with Crippen LogP contribution in [-0.2, 0) is 75.8 Å². The molecule has 16 heterocycles. The molecule has 1 unspecified atom stereocenters. The van der Waals surface area contributed by atoms with Crippen molar-refractivity contribution in [2.24, 2.45) is 57.3 Å². The van der Waals surface area contributed by atoms with Gasteiger partial charge in [0.05, 0.1) is 166 Å². The van der Waals surface area contributed by atoms with E-state index in [4.69, 9.17) is 164 Å². The van der Waals surface area contributed by atoms with Crippen LogP contribution in [-0.4, -0.2) is 391 Å². The average molecular weight is 1320 g/mol. The van der Waals surface area contributed by atoms with E-state index in [2.05, 4.69) is 0 Å². The molecule has 0 aromatic heterocycles. The third-order valence-electron chi connectivity index (χ3n) is 16.7. The van der Waals surface area contributed by atoms with Crippen molar-refractivity contribution >= 4 is 0 Å². The lowest BCUT2D eigenvalue weighted by Crippen LogP contribution is -2.39. The van der Waals surface area contributed by atoms with Gasteiger partial charge < -0.3 is 195 Å². The van der Waals surface area contributed by atoms with E-state index >= 15 is 0 Å².